The van der Waals surface area contributed by atoms with Crippen molar-refractivity contribution in [2.24, 2.45) is 7.05 Å². The van der Waals surface area contributed by atoms with Crippen LogP contribution in [-0.2, 0) is 26.7 Å². The fourth-order valence-corrected chi connectivity index (χ4v) is 2.49. The predicted octanol–water partition coefficient (Wildman–Crippen LogP) is 2.92. The van der Waals surface area contributed by atoms with Crippen molar-refractivity contribution in [3.63, 3.8) is 0 Å². The second-order valence-corrected chi connectivity index (χ2v) is 5.38. The van der Waals surface area contributed by atoms with Crippen molar-refractivity contribution in [2.45, 2.75) is 19.6 Å². The summed E-state index contributed by atoms with van der Waals surface area (Å²) in [5.41, 5.74) is 2.03. The maximum Gasteiger partial charge on any atom is 0.120 e. The maximum absolute atomic E-state index is 9.99. The van der Waals surface area contributed by atoms with Gasteiger partial charge in [0.1, 0.15) is 11.5 Å². The summed E-state index contributed by atoms with van der Waals surface area (Å²) in [5, 5.41) is 14.2. The average molecular weight is 297 g/mol. The maximum atomic E-state index is 9.99. The fraction of sp³-hybridized carbons (Fsp3) is 0.235. The molecule has 0 aliphatic rings. The van der Waals surface area contributed by atoms with Crippen molar-refractivity contribution in [2.75, 3.05) is 0 Å². The van der Waals surface area contributed by atoms with Crippen LogP contribution in [-0.4, -0.2) is 19.8 Å². The van der Waals surface area contributed by atoms with E-state index in [4.69, 9.17) is 4.42 Å². The Balaban J connectivity index is 1.77. The molecule has 0 unspecified atom stereocenters. The molecule has 0 aliphatic heterocycles. The van der Waals surface area contributed by atoms with Gasteiger partial charge in [0.05, 0.1) is 19.0 Å². The van der Waals surface area contributed by atoms with Crippen molar-refractivity contribution < 1.29 is 9.52 Å². The Morgan fingerprint density at radius 3 is 2.68 bits per heavy atom. The highest BCUT2D eigenvalue weighted by atomic mass is 16.3. The molecule has 5 nitrogen and oxygen atoms in total. The molecule has 0 radical (unpaired) electrons. The van der Waals surface area contributed by atoms with Crippen molar-refractivity contribution in [1.82, 2.24) is 14.7 Å². The molecule has 22 heavy (non-hydrogen) atoms. The van der Waals surface area contributed by atoms with Crippen LogP contribution < -0.4 is 0 Å². The Hall–Kier alpha value is -2.53. The highest BCUT2D eigenvalue weighted by molar-refractivity contribution is 5.31. The molecule has 0 saturated heterocycles. The zero-order valence-corrected chi connectivity index (χ0v) is 12.5. The first-order valence-corrected chi connectivity index (χ1v) is 7.20. The lowest BCUT2D eigenvalue weighted by atomic mass is 10.1. The van der Waals surface area contributed by atoms with Crippen LogP contribution in [0.2, 0.25) is 0 Å². The van der Waals surface area contributed by atoms with Crippen molar-refractivity contribution in [3.8, 4) is 5.75 Å². The third kappa shape index (κ3) is 3.56. The van der Waals surface area contributed by atoms with Crippen LogP contribution in [0.3, 0.4) is 0 Å². The van der Waals surface area contributed by atoms with Gasteiger partial charge in [-0.2, -0.15) is 5.10 Å². The summed E-state index contributed by atoms with van der Waals surface area (Å²) in [6.45, 7) is 2.06. The Labute approximate surface area is 129 Å². The average Bonchev–Trinajstić information content (AvgIpc) is 3.13. The first kappa shape index (κ1) is 14.4. The Morgan fingerprint density at radius 1 is 1.14 bits per heavy atom. The van der Waals surface area contributed by atoms with Crippen LogP contribution in [0.4, 0.5) is 0 Å². The van der Waals surface area contributed by atoms with Crippen LogP contribution in [0.5, 0.6) is 5.75 Å². The van der Waals surface area contributed by atoms with E-state index in [2.05, 4.69) is 10.00 Å². The number of hydrogen-bond donors (Lipinski definition) is 1. The lowest BCUT2D eigenvalue weighted by molar-refractivity contribution is 0.224. The van der Waals surface area contributed by atoms with Gasteiger partial charge < -0.3 is 9.52 Å². The number of furan rings is 1. The van der Waals surface area contributed by atoms with E-state index in [1.807, 2.05) is 49.8 Å². The number of aromatic nitrogens is 2. The molecule has 0 spiro atoms. The monoisotopic (exact) mass is 297 g/mol. The molecule has 0 amide bonds. The van der Waals surface area contributed by atoms with Crippen LogP contribution >= 0.6 is 0 Å². The third-order valence-corrected chi connectivity index (χ3v) is 3.51. The zero-order chi connectivity index (χ0) is 15.4. The molecule has 0 fully saturated rings. The van der Waals surface area contributed by atoms with Crippen LogP contribution in [0, 0.1) is 0 Å². The van der Waals surface area contributed by atoms with E-state index in [0.29, 0.717) is 18.8 Å². The highest BCUT2D eigenvalue weighted by Crippen LogP contribution is 2.20. The van der Waals surface area contributed by atoms with Gasteiger partial charge in [0.15, 0.2) is 0 Å². The minimum absolute atomic E-state index is 0.318. The summed E-state index contributed by atoms with van der Waals surface area (Å²) < 4.78 is 7.24. The second kappa shape index (κ2) is 6.49. The minimum atomic E-state index is 0.318. The molecule has 3 rings (SSSR count). The van der Waals surface area contributed by atoms with Gasteiger partial charge in [-0.05, 0) is 18.2 Å². The smallest absolute Gasteiger partial charge is 0.120 e. The summed E-state index contributed by atoms with van der Waals surface area (Å²) in [5.74, 6) is 1.22. The van der Waals surface area contributed by atoms with Gasteiger partial charge in [-0.25, -0.2) is 0 Å². The van der Waals surface area contributed by atoms with Gasteiger partial charge in [0.2, 0.25) is 0 Å². The minimum Gasteiger partial charge on any atom is -0.508 e. The summed E-state index contributed by atoms with van der Waals surface area (Å²) in [7, 11) is 1.91. The molecule has 0 saturated carbocycles. The molecule has 2 heterocycles. The van der Waals surface area contributed by atoms with E-state index in [1.54, 1.807) is 17.0 Å². The fourth-order valence-electron chi connectivity index (χ4n) is 2.49. The van der Waals surface area contributed by atoms with Gasteiger partial charge in [0.25, 0.3) is 0 Å². The lowest BCUT2D eigenvalue weighted by Crippen LogP contribution is -2.22. The van der Waals surface area contributed by atoms with Gasteiger partial charge in [-0.3, -0.25) is 9.58 Å². The van der Waals surface area contributed by atoms with Gasteiger partial charge >= 0.3 is 0 Å². The number of aromatic hydroxyl groups is 1. The van der Waals surface area contributed by atoms with Crippen LogP contribution in [0.25, 0.3) is 0 Å². The molecule has 0 bridgehead atoms. The van der Waals surface area contributed by atoms with E-state index < -0.39 is 0 Å². The van der Waals surface area contributed by atoms with Crippen molar-refractivity contribution >= 4 is 0 Å². The van der Waals surface area contributed by atoms with Crippen molar-refractivity contribution in [3.05, 3.63) is 71.9 Å². The first-order chi connectivity index (χ1) is 10.7. The molecule has 5 heteroatoms. The molecular weight excluding hydrogens is 278 g/mol. The first-order valence-electron chi connectivity index (χ1n) is 7.20. The summed E-state index contributed by atoms with van der Waals surface area (Å²) in [4.78, 5) is 2.21. The van der Waals surface area contributed by atoms with E-state index >= 15 is 0 Å². The topological polar surface area (TPSA) is 54.4 Å². The lowest BCUT2D eigenvalue weighted by Gasteiger charge is -2.21. The molecule has 2 aromatic heterocycles. The second-order valence-electron chi connectivity index (χ2n) is 5.38. The SMILES string of the molecule is Cn1cc(CN(Cc2ccco2)Cc2ccccc2O)cn1. The number of benzene rings is 1. The number of phenols is 1. The molecule has 1 aromatic carbocycles. The van der Waals surface area contributed by atoms with E-state index in [1.165, 1.54) is 0 Å². The largest absolute Gasteiger partial charge is 0.508 e. The number of para-hydroxylation sites is 1. The van der Waals surface area contributed by atoms with Crippen molar-refractivity contribution in [1.29, 1.82) is 0 Å². The molecular formula is C17H19N3O2. The van der Waals surface area contributed by atoms with Crippen LogP contribution in [0.1, 0.15) is 16.9 Å². The molecule has 1 N–H and O–H groups in total. The molecule has 0 atom stereocenters. The Kier molecular flexibility index (Phi) is 4.25. The molecule has 3 aromatic rings. The number of aryl methyl sites for hydroxylation is 1. The van der Waals surface area contributed by atoms with Gasteiger partial charge in [-0.1, -0.05) is 18.2 Å². The number of rotatable bonds is 6. The quantitative estimate of drug-likeness (QED) is 0.760. The Morgan fingerprint density at radius 2 is 2.00 bits per heavy atom. The predicted molar refractivity (Wildman–Crippen MR) is 83.0 cm³/mol. The standard InChI is InChI=1S/C17H19N3O2/c1-19-10-14(9-18-19)11-20(13-16-6-4-8-22-16)12-15-5-2-3-7-17(15)21/h2-10,21H,11-13H2,1H3. The Bertz CT molecular complexity index is 719. The summed E-state index contributed by atoms with van der Waals surface area (Å²) >= 11 is 0. The number of hydrogen-bond acceptors (Lipinski definition) is 4. The van der Waals surface area contributed by atoms with E-state index in [0.717, 1.165) is 23.4 Å². The number of phenolic OH excluding ortho intramolecular Hbond substituents is 1. The summed E-state index contributed by atoms with van der Waals surface area (Å²) in [6.07, 6.45) is 5.54. The van der Waals surface area contributed by atoms with E-state index in [-0.39, 0.29) is 0 Å². The highest BCUT2D eigenvalue weighted by Gasteiger charge is 2.12. The van der Waals surface area contributed by atoms with Gasteiger partial charge in [-0.15, -0.1) is 0 Å². The van der Waals surface area contributed by atoms with Crippen LogP contribution in [0.15, 0.2) is 59.5 Å². The number of nitrogens with zero attached hydrogens (tertiary/aromatic N) is 3. The molecule has 114 valence electrons. The van der Waals surface area contributed by atoms with Gasteiger partial charge in [0, 0.05) is 37.5 Å². The zero-order valence-electron chi connectivity index (χ0n) is 12.5. The normalized spacial score (nSPS) is 11.2. The third-order valence-electron chi connectivity index (χ3n) is 3.51. The molecule has 0 aliphatic carbocycles. The van der Waals surface area contributed by atoms with E-state index in [9.17, 15) is 5.11 Å². The summed E-state index contributed by atoms with van der Waals surface area (Å²) in [6, 6.07) is 11.3.